The van der Waals surface area contributed by atoms with Gasteiger partial charge in [-0.3, -0.25) is 4.99 Å². The minimum Gasteiger partial charge on any atom is -0.494 e. The fraction of sp³-hybridized carbons (Fsp3) is 0.562. The van der Waals surface area contributed by atoms with E-state index >= 15 is 0 Å². The molecule has 0 aliphatic heterocycles. The average molecular weight is 277 g/mol. The summed E-state index contributed by atoms with van der Waals surface area (Å²) < 4.78 is 5.64. The Morgan fingerprint density at radius 2 is 1.90 bits per heavy atom. The second-order valence-corrected chi connectivity index (χ2v) is 4.56. The number of benzene rings is 1. The second-order valence-electron chi connectivity index (χ2n) is 4.56. The number of nitrogens with zero attached hydrogens (tertiary/aromatic N) is 1. The monoisotopic (exact) mass is 277 g/mol. The van der Waals surface area contributed by atoms with E-state index in [1.54, 1.807) is 0 Å². The first-order valence-corrected chi connectivity index (χ1v) is 7.56. The van der Waals surface area contributed by atoms with Crippen LogP contribution in [0.5, 0.6) is 5.75 Å². The molecule has 0 bridgehead atoms. The van der Waals surface area contributed by atoms with Crippen LogP contribution in [-0.2, 0) is 0 Å². The van der Waals surface area contributed by atoms with E-state index in [2.05, 4.69) is 29.5 Å². The van der Waals surface area contributed by atoms with E-state index in [0.717, 1.165) is 37.8 Å². The van der Waals surface area contributed by atoms with Gasteiger partial charge in [-0.25, -0.2) is 0 Å². The van der Waals surface area contributed by atoms with Crippen molar-refractivity contribution in [1.82, 2.24) is 10.6 Å². The summed E-state index contributed by atoms with van der Waals surface area (Å²) >= 11 is 0. The standard InChI is InChI=1S/C16H27N3O/c1-3-5-12-18-16(17-4-2)19-13-9-14-20-15-10-7-6-8-11-15/h6-8,10-11H,3-5,9,12-14H2,1-2H3,(H2,17,18,19). The van der Waals surface area contributed by atoms with E-state index in [0.29, 0.717) is 6.61 Å². The Bertz CT molecular complexity index is 365. The molecule has 0 heterocycles. The molecule has 0 fully saturated rings. The van der Waals surface area contributed by atoms with Gasteiger partial charge >= 0.3 is 0 Å². The highest BCUT2D eigenvalue weighted by Gasteiger charge is 1.96. The molecule has 1 rings (SSSR count). The van der Waals surface area contributed by atoms with Gasteiger partial charge in [0.2, 0.25) is 0 Å². The summed E-state index contributed by atoms with van der Waals surface area (Å²) in [6.45, 7) is 7.60. The Balaban J connectivity index is 2.19. The zero-order valence-electron chi connectivity index (χ0n) is 12.7. The van der Waals surface area contributed by atoms with Crippen molar-refractivity contribution in [1.29, 1.82) is 0 Å². The molecule has 112 valence electrons. The topological polar surface area (TPSA) is 45.7 Å². The van der Waals surface area contributed by atoms with Crippen LogP contribution >= 0.6 is 0 Å². The maximum Gasteiger partial charge on any atom is 0.191 e. The van der Waals surface area contributed by atoms with Gasteiger partial charge in [0.25, 0.3) is 0 Å². The number of hydrogen-bond acceptors (Lipinski definition) is 2. The van der Waals surface area contributed by atoms with Crippen molar-refractivity contribution in [3.05, 3.63) is 30.3 Å². The molecule has 0 aromatic heterocycles. The van der Waals surface area contributed by atoms with Crippen molar-refractivity contribution in [2.24, 2.45) is 4.99 Å². The molecule has 0 atom stereocenters. The molecule has 0 spiro atoms. The first-order valence-electron chi connectivity index (χ1n) is 7.56. The zero-order chi connectivity index (χ0) is 14.5. The van der Waals surface area contributed by atoms with Gasteiger partial charge in [-0.2, -0.15) is 0 Å². The fourth-order valence-corrected chi connectivity index (χ4v) is 1.69. The molecule has 4 nitrogen and oxygen atoms in total. The lowest BCUT2D eigenvalue weighted by molar-refractivity contribution is 0.313. The normalized spacial score (nSPS) is 11.2. The molecule has 20 heavy (non-hydrogen) atoms. The number of guanidine groups is 1. The third-order valence-corrected chi connectivity index (χ3v) is 2.75. The van der Waals surface area contributed by atoms with Crippen molar-refractivity contribution < 1.29 is 4.74 Å². The first kappa shape index (κ1) is 16.3. The average Bonchev–Trinajstić information content (AvgIpc) is 2.48. The predicted molar refractivity (Wildman–Crippen MR) is 85.4 cm³/mol. The number of rotatable bonds is 9. The Hall–Kier alpha value is -1.71. The lowest BCUT2D eigenvalue weighted by Crippen LogP contribution is -2.37. The predicted octanol–water partition coefficient (Wildman–Crippen LogP) is 2.81. The van der Waals surface area contributed by atoms with Gasteiger partial charge in [0.05, 0.1) is 6.61 Å². The fourth-order valence-electron chi connectivity index (χ4n) is 1.69. The Kier molecular flexibility index (Phi) is 9.11. The molecule has 1 aromatic carbocycles. The lowest BCUT2D eigenvalue weighted by atomic mass is 10.3. The van der Waals surface area contributed by atoms with E-state index in [9.17, 15) is 0 Å². The van der Waals surface area contributed by atoms with Crippen LogP contribution in [0.25, 0.3) is 0 Å². The minimum atomic E-state index is 0.696. The molecular formula is C16H27N3O. The third kappa shape index (κ3) is 7.67. The summed E-state index contributed by atoms with van der Waals surface area (Å²) in [7, 11) is 0. The van der Waals surface area contributed by atoms with Crippen LogP contribution in [0.1, 0.15) is 33.1 Å². The van der Waals surface area contributed by atoms with Gasteiger partial charge < -0.3 is 15.4 Å². The molecule has 0 saturated heterocycles. The summed E-state index contributed by atoms with van der Waals surface area (Å²) in [5.74, 6) is 1.82. The van der Waals surface area contributed by atoms with Crippen LogP contribution in [0.15, 0.2) is 35.3 Å². The molecule has 4 heteroatoms. The maximum atomic E-state index is 5.64. The second kappa shape index (κ2) is 11.1. The van der Waals surface area contributed by atoms with Crippen LogP contribution in [-0.4, -0.2) is 32.2 Å². The Labute approximate surface area is 122 Å². The van der Waals surface area contributed by atoms with Crippen molar-refractivity contribution in [3.63, 3.8) is 0 Å². The number of ether oxygens (including phenoxy) is 1. The van der Waals surface area contributed by atoms with Gasteiger partial charge in [-0.15, -0.1) is 0 Å². The van der Waals surface area contributed by atoms with Gasteiger partial charge in [-0.05, 0) is 25.5 Å². The number of para-hydroxylation sites is 1. The zero-order valence-corrected chi connectivity index (χ0v) is 12.7. The number of hydrogen-bond donors (Lipinski definition) is 2. The minimum absolute atomic E-state index is 0.696. The van der Waals surface area contributed by atoms with Crippen molar-refractivity contribution >= 4 is 5.96 Å². The van der Waals surface area contributed by atoms with Gasteiger partial charge in [0.15, 0.2) is 5.96 Å². The van der Waals surface area contributed by atoms with Crippen LogP contribution < -0.4 is 15.4 Å². The Morgan fingerprint density at radius 3 is 2.60 bits per heavy atom. The van der Waals surface area contributed by atoms with Crippen LogP contribution in [0, 0.1) is 0 Å². The van der Waals surface area contributed by atoms with Crippen molar-refractivity contribution in [3.8, 4) is 5.75 Å². The van der Waals surface area contributed by atoms with Gasteiger partial charge in [-0.1, -0.05) is 31.5 Å². The van der Waals surface area contributed by atoms with E-state index in [1.807, 2.05) is 30.3 Å². The summed E-state index contributed by atoms with van der Waals surface area (Å²) in [5, 5.41) is 6.58. The van der Waals surface area contributed by atoms with Crippen molar-refractivity contribution in [2.75, 3.05) is 26.2 Å². The summed E-state index contributed by atoms with van der Waals surface area (Å²) in [5.41, 5.74) is 0. The SMILES string of the molecule is CCCCNC(=NCCCOc1ccccc1)NCC. The largest absolute Gasteiger partial charge is 0.494 e. The Morgan fingerprint density at radius 1 is 1.10 bits per heavy atom. The highest BCUT2D eigenvalue weighted by atomic mass is 16.5. The molecule has 0 unspecified atom stereocenters. The molecule has 0 amide bonds. The molecule has 1 aromatic rings. The van der Waals surface area contributed by atoms with E-state index < -0.39 is 0 Å². The van der Waals surface area contributed by atoms with Crippen molar-refractivity contribution in [2.45, 2.75) is 33.1 Å². The van der Waals surface area contributed by atoms with Gasteiger partial charge in [0, 0.05) is 26.1 Å². The van der Waals surface area contributed by atoms with E-state index in [-0.39, 0.29) is 0 Å². The quantitative estimate of drug-likeness (QED) is 0.414. The van der Waals surface area contributed by atoms with E-state index in [1.165, 1.54) is 12.8 Å². The maximum absolute atomic E-state index is 5.64. The van der Waals surface area contributed by atoms with E-state index in [4.69, 9.17) is 4.74 Å². The molecule has 2 N–H and O–H groups in total. The smallest absolute Gasteiger partial charge is 0.191 e. The first-order chi connectivity index (χ1) is 9.86. The highest BCUT2D eigenvalue weighted by molar-refractivity contribution is 5.79. The molecular weight excluding hydrogens is 250 g/mol. The molecule has 0 aliphatic rings. The summed E-state index contributed by atoms with van der Waals surface area (Å²) in [4.78, 5) is 4.53. The third-order valence-electron chi connectivity index (χ3n) is 2.75. The molecule has 0 radical (unpaired) electrons. The van der Waals surface area contributed by atoms with Gasteiger partial charge in [0.1, 0.15) is 5.75 Å². The number of nitrogens with one attached hydrogen (secondary N) is 2. The molecule has 0 aliphatic carbocycles. The highest BCUT2D eigenvalue weighted by Crippen LogP contribution is 2.08. The summed E-state index contributed by atoms with van der Waals surface area (Å²) in [6.07, 6.45) is 3.28. The number of aliphatic imine (C=N–C) groups is 1. The van der Waals surface area contributed by atoms with Crippen LogP contribution in [0.3, 0.4) is 0 Å². The van der Waals surface area contributed by atoms with Crippen LogP contribution in [0.2, 0.25) is 0 Å². The number of unbranched alkanes of at least 4 members (excludes halogenated alkanes) is 1. The molecule has 0 saturated carbocycles. The summed E-state index contributed by atoms with van der Waals surface area (Å²) in [6, 6.07) is 9.89. The lowest BCUT2D eigenvalue weighted by Gasteiger charge is -2.10. The van der Waals surface area contributed by atoms with Crippen LogP contribution in [0.4, 0.5) is 0 Å².